The summed E-state index contributed by atoms with van der Waals surface area (Å²) >= 11 is 5.67. The Morgan fingerprint density at radius 1 is 1.54 bits per heavy atom. The molecule has 0 saturated carbocycles. The molecule has 0 aliphatic carbocycles. The SMILES string of the molecule is CC(O)[C@H](N)c1cccc(F)c1Cl. The van der Waals surface area contributed by atoms with Gasteiger partial charge in [-0.2, -0.15) is 0 Å². The second-order valence-corrected chi connectivity index (χ2v) is 3.29. The van der Waals surface area contributed by atoms with Crippen LogP contribution in [0.25, 0.3) is 0 Å². The largest absolute Gasteiger partial charge is 0.391 e. The van der Waals surface area contributed by atoms with Gasteiger partial charge in [0, 0.05) is 0 Å². The van der Waals surface area contributed by atoms with Crippen molar-refractivity contribution in [1.82, 2.24) is 0 Å². The van der Waals surface area contributed by atoms with Gasteiger partial charge in [-0.05, 0) is 18.6 Å². The highest BCUT2D eigenvalue weighted by Crippen LogP contribution is 2.25. The number of aliphatic hydroxyl groups is 1. The van der Waals surface area contributed by atoms with Crippen LogP contribution in [0, 0.1) is 5.82 Å². The van der Waals surface area contributed by atoms with Crippen LogP contribution in [0.2, 0.25) is 5.02 Å². The van der Waals surface area contributed by atoms with Crippen molar-refractivity contribution >= 4 is 11.6 Å². The average molecular weight is 204 g/mol. The summed E-state index contributed by atoms with van der Waals surface area (Å²) in [5.41, 5.74) is 6.03. The highest BCUT2D eigenvalue weighted by atomic mass is 35.5. The average Bonchev–Trinajstić information content (AvgIpc) is 2.08. The molecule has 0 radical (unpaired) electrons. The van der Waals surface area contributed by atoms with Crippen molar-refractivity contribution < 1.29 is 9.50 Å². The number of rotatable bonds is 2. The third-order valence-corrected chi connectivity index (χ3v) is 2.26. The minimum absolute atomic E-state index is 0.0177. The number of benzene rings is 1. The molecule has 0 saturated heterocycles. The summed E-state index contributed by atoms with van der Waals surface area (Å²) in [4.78, 5) is 0. The molecule has 0 aliphatic rings. The van der Waals surface area contributed by atoms with Crippen LogP contribution in [0.4, 0.5) is 4.39 Å². The van der Waals surface area contributed by atoms with Crippen molar-refractivity contribution in [2.24, 2.45) is 5.73 Å². The lowest BCUT2D eigenvalue weighted by Gasteiger charge is -2.16. The summed E-state index contributed by atoms with van der Waals surface area (Å²) < 4.78 is 12.9. The normalized spacial score (nSPS) is 15.5. The second-order valence-electron chi connectivity index (χ2n) is 2.91. The first-order valence-corrected chi connectivity index (χ1v) is 4.29. The molecule has 72 valence electrons. The zero-order chi connectivity index (χ0) is 10.0. The van der Waals surface area contributed by atoms with Gasteiger partial charge in [0.05, 0.1) is 17.2 Å². The highest BCUT2D eigenvalue weighted by molar-refractivity contribution is 6.31. The lowest BCUT2D eigenvalue weighted by atomic mass is 10.0. The van der Waals surface area contributed by atoms with Crippen molar-refractivity contribution in [2.45, 2.75) is 19.1 Å². The Labute approximate surface area is 81.1 Å². The van der Waals surface area contributed by atoms with E-state index in [1.807, 2.05) is 0 Å². The quantitative estimate of drug-likeness (QED) is 0.771. The van der Waals surface area contributed by atoms with Gasteiger partial charge < -0.3 is 10.8 Å². The van der Waals surface area contributed by atoms with Gasteiger partial charge in [0.25, 0.3) is 0 Å². The van der Waals surface area contributed by atoms with Crippen LogP contribution in [0.3, 0.4) is 0 Å². The molecule has 0 spiro atoms. The van der Waals surface area contributed by atoms with E-state index in [4.69, 9.17) is 17.3 Å². The molecule has 2 nitrogen and oxygen atoms in total. The molecule has 3 N–H and O–H groups in total. The molecule has 13 heavy (non-hydrogen) atoms. The van der Waals surface area contributed by atoms with Crippen molar-refractivity contribution in [3.63, 3.8) is 0 Å². The van der Waals surface area contributed by atoms with Crippen LogP contribution >= 0.6 is 11.6 Å². The Kier molecular flexibility index (Phi) is 3.25. The summed E-state index contributed by atoms with van der Waals surface area (Å²) in [5, 5.41) is 9.17. The fourth-order valence-corrected chi connectivity index (χ4v) is 1.29. The van der Waals surface area contributed by atoms with Gasteiger partial charge in [-0.3, -0.25) is 0 Å². The number of hydrogen-bond acceptors (Lipinski definition) is 2. The van der Waals surface area contributed by atoms with Gasteiger partial charge in [0.15, 0.2) is 0 Å². The first kappa shape index (κ1) is 10.4. The fourth-order valence-electron chi connectivity index (χ4n) is 1.04. The van der Waals surface area contributed by atoms with E-state index in [0.29, 0.717) is 5.56 Å². The van der Waals surface area contributed by atoms with E-state index in [1.165, 1.54) is 19.1 Å². The Hall–Kier alpha value is -0.640. The number of nitrogens with two attached hydrogens (primary N) is 1. The van der Waals surface area contributed by atoms with E-state index in [-0.39, 0.29) is 5.02 Å². The minimum atomic E-state index is -0.751. The van der Waals surface area contributed by atoms with E-state index >= 15 is 0 Å². The summed E-state index contributed by atoms with van der Waals surface area (Å²) in [6.07, 6.45) is -0.751. The molecule has 0 aromatic heterocycles. The molecule has 1 aromatic carbocycles. The molecule has 0 aliphatic heterocycles. The lowest BCUT2D eigenvalue weighted by Crippen LogP contribution is -2.23. The van der Waals surface area contributed by atoms with Gasteiger partial charge in [0.1, 0.15) is 5.82 Å². The Morgan fingerprint density at radius 3 is 2.69 bits per heavy atom. The third-order valence-electron chi connectivity index (χ3n) is 1.86. The van der Waals surface area contributed by atoms with Crippen LogP contribution in [-0.2, 0) is 0 Å². The number of halogens is 2. The van der Waals surface area contributed by atoms with Crippen molar-refractivity contribution in [3.8, 4) is 0 Å². The van der Waals surface area contributed by atoms with Crippen molar-refractivity contribution in [1.29, 1.82) is 0 Å². The summed E-state index contributed by atoms with van der Waals surface area (Å²) in [7, 11) is 0. The Bertz CT molecular complexity index is 304. The van der Waals surface area contributed by atoms with Gasteiger partial charge in [-0.25, -0.2) is 4.39 Å². The third kappa shape index (κ3) is 2.18. The van der Waals surface area contributed by atoms with Gasteiger partial charge in [-0.15, -0.1) is 0 Å². The van der Waals surface area contributed by atoms with Crippen LogP contribution in [-0.4, -0.2) is 11.2 Å². The predicted molar refractivity (Wildman–Crippen MR) is 50.0 cm³/mol. The molecule has 1 rings (SSSR count). The Morgan fingerprint density at radius 2 is 2.15 bits per heavy atom. The second kappa shape index (κ2) is 4.05. The summed E-state index contributed by atoms with van der Waals surface area (Å²) in [6.45, 7) is 1.53. The monoisotopic (exact) mass is 203 g/mol. The van der Waals surface area contributed by atoms with Crippen LogP contribution in [0.15, 0.2) is 18.2 Å². The van der Waals surface area contributed by atoms with Crippen LogP contribution in [0.1, 0.15) is 18.5 Å². The first-order chi connectivity index (χ1) is 6.04. The van der Waals surface area contributed by atoms with Gasteiger partial charge >= 0.3 is 0 Å². The zero-order valence-electron chi connectivity index (χ0n) is 7.17. The predicted octanol–water partition coefficient (Wildman–Crippen LogP) is 1.86. The van der Waals surface area contributed by atoms with E-state index < -0.39 is 18.0 Å². The molecule has 1 unspecified atom stereocenters. The summed E-state index contributed by atoms with van der Waals surface area (Å²) in [5.74, 6) is -0.518. The molecule has 2 atom stereocenters. The molecule has 0 fully saturated rings. The Balaban J connectivity index is 3.07. The highest BCUT2D eigenvalue weighted by Gasteiger charge is 2.16. The van der Waals surface area contributed by atoms with E-state index in [1.54, 1.807) is 6.07 Å². The minimum Gasteiger partial charge on any atom is -0.391 e. The van der Waals surface area contributed by atoms with E-state index in [2.05, 4.69) is 0 Å². The van der Waals surface area contributed by atoms with Crippen LogP contribution < -0.4 is 5.73 Å². The summed E-state index contributed by atoms with van der Waals surface area (Å²) in [6, 6.07) is 3.71. The van der Waals surface area contributed by atoms with E-state index in [0.717, 1.165) is 0 Å². The maximum absolute atomic E-state index is 12.9. The van der Waals surface area contributed by atoms with Crippen molar-refractivity contribution in [2.75, 3.05) is 0 Å². The molecule has 0 amide bonds. The van der Waals surface area contributed by atoms with Crippen molar-refractivity contribution in [3.05, 3.63) is 34.6 Å². The molecule has 0 bridgehead atoms. The first-order valence-electron chi connectivity index (χ1n) is 3.91. The zero-order valence-corrected chi connectivity index (χ0v) is 7.92. The number of hydrogen-bond donors (Lipinski definition) is 2. The maximum atomic E-state index is 12.9. The smallest absolute Gasteiger partial charge is 0.142 e. The van der Waals surface area contributed by atoms with E-state index in [9.17, 15) is 9.50 Å². The standard InChI is InChI=1S/C9H11ClFNO/c1-5(13)9(12)6-3-2-4-7(11)8(6)10/h2-5,9,13H,12H2,1H3/t5?,9-/m0/s1. The topological polar surface area (TPSA) is 46.2 Å². The lowest BCUT2D eigenvalue weighted by molar-refractivity contribution is 0.164. The fraction of sp³-hybridized carbons (Fsp3) is 0.333. The molecular weight excluding hydrogens is 193 g/mol. The molecule has 0 heterocycles. The van der Waals surface area contributed by atoms with Gasteiger partial charge in [-0.1, -0.05) is 23.7 Å². The molecular formula is C9H11ClFNO. The maximum Gasteiger partial charge on any atom is 0.142 e. The number of aliphatic hydroxyl groups excluding tert-OH is 1. The van der Waals surface area contributed by atoms with Crippen LogP contribution in [0.5, 0.6) is 0 Å². The van der Waals surface area contributed by atoms with Gasteiger partial charge in [0.2, 0.25) is 0 Å². The molecule has 4 heteroatoms. The molecule has 1 aromatic rings.